The van der Waals surface area contributed by atoms with Gasteiger partial charge < -0.3 is 10.5 Å². The molecule has 0 aromatic heterocycles. The highest BCUT2D eigenvalue weighted by atomic mass is 35.5. The van der Waals surface area contributed by atoms with Gasteiger partial charge in [-0.15, -0.1) is 0 Å². The Morgan fingerprint density at radius 2 is 2.07 bits per heavy atom. The van der Waals surface area contributed by atoms with Crippen LogP contribution in [0.5, 0.6) is 0 Å². The summed E-state index contributed by atoms with van der Waals surface area (Å²) in [7, 11) is 0. The van der Waals surface area contributed by atoms with Crippen molar-refractivity contribution in [2.45, 2.75) is 6.54 Å². The van der Waals surface area contributed by atoms with Crippen molar-refractivity contribution in [2.24, 2.45) is 0 Å². The molecule has 0 spiro atoms. The first-order chi connectivity index (χ1) is 7.27. The summed E-state index contributed by atoms with van der Waals surface area (Å²) in [6.07, 6.45) is 0. The van der Waals surface area contributed by atoms with Gasteiger partial charge in [0.05, 0.1) is 13.2 Å². The molecule has 1 heterocycles. The van der Waals surface area contributed by atoms with Gasteiger partial charge in [0.1, 0.15) is 0 Å². The van der Waals surface area contributed by atoms with E-state index >= 15 is 0 Å². The molecule has 0 amide bonds. The van der Waals surface area contributed by atoms with Gasteiger partial charge in [0.25, 0.3) is 0 Å². The van der Waals surface area contributed by atoms with Crippen molar-refractivity contribution in [2.75, 3.05) is 32.0 Å². The fraction of sp³-hybridized carbons (Fsp3) is 0.455. The number of rotatable bonds is 2. The third kappa shape index (κ3) is 2.62. The Morgan fingerprint density at radius 1 is 1.33 bits per heavy atom. The average molecular weight is 227 g/mol. The van der Waals surface area contributed by atoms with Gasteiger partial charge in [-0.25, -0.2) is 0 Å². The SMILES string of the molecule is Nc1cccc(Cl)c1CN1CCOCC1. The molecule has 1 saturated heterocycles. The van der Waals surface area contributed by atoms with Crippen molar-refractivity contribution in [3.63, 3.8) is 0 Å². The second-order valence-electron chi connectivity index (χ2n) is 3.70. The molecule has 0 saturated carbocycles. The summed E-state index contributed by atoms with van der Waals surface area (Å²) < 4.78 is 5.29. The molecule has 1 aromatic rings. The molecular formula is C11H15ClN2O. The molecule has 0 atom stereocenters. The quantitative estimate of drug-likeness (QED) is 0.781. The lowest BCUT2D eigenvalue weighted by Gasteiger charge is -2.27. The highest BCUT2D eigenvalue weighted by molar-refractivity contribution is 6.31. The highest BCUT2D eigenvalue weighted by Gasteiger charge is 2.13. The van der Waals surface area contributed by atoms with E-state index in [1.54, 1.807) is 0 Å². The summed E-state index contributed by atoms with van der Waals surface area (Å²) in [4.78, 5) is 2.31. The molecule has 15 heavy (non-hydrogen) atoms. The normalized spacial score (nSPS) is 17.9. The van der Waals surface area contributed by atoms with Gasteiger partial charge in [0, 0.05) is 35.9 Å². The second kappa shape index (κ2) is 4.84. The first-order valence-corrected chi connectivity index (χ1v) is 5.48. The number of hydrogen-bond acceptors (Lipinski definition) is 3. The molecule has 1 fully saturated rings. The van der Waals surface area contributed by atoms with E-state index < -0.39 is 0 Å². The molecule has 82 valence electrons. The van der Waals surface area contributed by atoms with Crippen LogP contribution in [0.4, 0.5) is 5.69 Å². The van der Waals surface area contributed by atoms with Crippen LogP contribution in [0.2, 0.25) is 5.02 Å². The molecule has 1 aromatic carbocycles. The van der Waals surface area contributed by atoms with Crippen LogP contribution in [0.25, 0.3) is 0 Å². The fourth-order valence-electron chi connectivity index (χ4n) is 1.73. The molecule has 3 nitrogen and oxygen atoms in total. The maximum Gasteiger partial charge on any atom is 0.0594 e. The lowest BCUT2D eigenvalue weighted by molar-refractivity contribution is 0.0343. The number of morpholine rings is 1. The van der Waals surface area contributed by atoms with E-state index in [1.807, 2.05) is 18.2 Å². The number of nitrogen functional groups attached to an aromatic ring is 1. The fourth-order valence-corrected chi connectivity index (χ4v) is 1.97. The molecule has 0 bridgehead atoms. The molecule has 4 heteroatoms. The minimum Gasteiger partial charge on any atom is -0.398 e. The summed E-state index contributed by atoms with van der Waals surface area (Å²) in [6, 6.07) is 5.65. The number of benzene rings is 1. The lowest BCUT2D eigenvalue weighted by atomic mass is 10.1. The molecule has 2 rings (SSSR count). The topological polar surface area (TPSA) is 38.5 Å². The van der Waals surface area contributed by atoms with Gasteiger partial charge in [0.2, 0.25) is 0 Å². The third-order valence-corrected chi connectivity index (χ3v) is 2.99. The monoisotopic (exact) mass is 226 g/mol. The lowest BCUT2D eigenvalue weighted by Crippen LogP contribution is -2.35. The molecule has 0 radical (unpaired) electrons. The van der Waals surface area contributed by atoms with Crippen LogP contribution in [0.15, 0.2) is 18.2 Å². The number of nitrogens with two attached hydrogens (primary N) is 1. The van der Waals surface area contributed by atoms with Crippen molar-refractivity contribution in [3.8, 4) is 0 Å². The van der Waals surface area contributed by atoms with Gasteiger partial charge in [-0.05, 0) is 12.1 Å². The second-order valence-corrected chi connectivity index (χ2v) is 4.10. The van der Waals surface area contributed by atoms with Crippen molar-refractivity contribution in [1.29, 1.82) is 0 Å². The molecule has 1 aliphatic heterocycles. The number of ether oxygens (including phenoxy) is 1. The van der Waals surface area contributed by atoms with Gasteiger partial charge in [-0.2, -0.15) is 0 Å². The molecule has 0 aliphatic carbocycles. The van der Waals surface area contributed by atoms with Crippen molar-refractivity contribution >= 4 is 17.3 Å². The van der Waals surface area contributed by atoms with E-state index in [1.165, 1.54) is 0 Å². The molecular weight excluding hydrogens is 212 g/mol. The van der Waals surface area contributed by atoms with Crippen LogP contribution in [0, 0.1) is 0 Å². The zero-order valence-electron chi connectivity index (χ0n) is 8.58. The summed E-state index contributed by atoms with van der Waals surface area (Å²) >= 11 is 6.11. The summed E-state index contributed by atoms with van der Waals surface area (Å²) in [6.45, 7) is 4.30. The van der Waals surface area contributed by atoms with E-state index in [4.69, 9.17) is 22.1 Å². The summed E-state index contributed by atoms with van der Waals surface area (Å²) in [5.41, 5.74) is 7.70. The number of nitrogens with zero attached hydrogens (tertiary/aromatic N) is 1. The van der Waals surface area contributed by atoms with Crippen LogP contribution in [-0.2, 0) is 11.3 Å². The number of anilines is 1. The molecule has 2 N–H and O–H groups in total. The Balaban J connectivity index is 2.09. The van der Waals surface area contributed by atoms with Gasteiger partial charge >= 0.3 is 0 Å². The standard InChI is InChI=1S/C11H15ClN2O/c12-10-2-1-3-11(13)9(10)8-14-4-6-15-7-5-14/h1-3H,4-8,13H2. The predicted molar refractivity (Wildman–Crippen MR) is 62.0 cm³/mol. The number of hydrogen-bond donors (Lipinski definition) is 1. The Morgan fingerprint density at radius 3 is 2.73 bits per heavy atom. The van der Waals surface area contributed by atoms with Crippen molar-refractivity contribution < 1.29 is 4.74 Å². The van der Waals surface area contributed by atoms with Crippen LogP contribution in [0.1, 0.15) is 5.56 Å². The van der Waals surface area contributed by atoms with E-state index in [0.29, 0.717) is 0 Å². The van der Waals surface area contributed by atoms with E-state index in [-0.39, 0.29) is 0 Å². The zero-order chi connectivity index (χ0) is 10.7. The Hall–Kier alpha value is -0.770. The largest absolute Gasteiger partial charge is 0.398 e. The van der Waals surface area contributed by atoms with Gasteiger partial charge in [-0.3, -0.25) is 4.90 Å². The van der Waals surface area contributed by atoms with Gasteiger partial charge in [-0.1, -0.05) is 17.7 Å². The Kier molecular flexibility index (Phi) is 3.46. The average Bonchev–Trinajstić information content (AvgIpc) is 2.25. The van der Waals surface area contributed by atoms with E-state index in [9.17, 15) is 0 Å². The Labute approximate surface area is 94.8 Å². The van der Waals surface area contributed by atoms with Crippen LogP contribution in [0.3, 0.4) is 0 Å². The molecule has 1 aliphatic rings. The van der Waals surface area contributed by atoms with Crippen molar-refractivity contribution in [1.82, 2.24) is 4.90 Å². The number of halogens is 1. The predicted octanol–water partition coefficient (Wildman–Crippen LogP) is 1.75. The van der Waals surface area contributed by atoms with Crippen molar-refractivity contribution in [3.05, 3.63) is 28.8 Å². The van der Waals surface area contributed by atoms with E-state index in [2.05, 4.69) is 4.90 Å². The third-order valence-electron chi connectivity index (χ3n) is 2.64. The van der Waals surface area contributed by atoms with Crippen LogP contribution >= 0.6 is 11.6 Å². The summed E-state index contributed by atoms with van der Waals surface area (Å²) in [5, 5.41) is 0.751. The maximum absolute atomic E-state index is 6.11. The smallest absolute Gasteiger partial charge is 0.0594 e. The van der Waals surface area contributed by atoms with Crippen LogP contribution in [-0.4, -0.2) is 31.2 Å². The highest BCUT2D eigenvalue weighted by Crippen LogP contribution is 2.23. The minimum atomic E-state index is 0.751. The maximum atomic E-state index is 6.11. The first-order valence-electron chi connectivity index (χ1n) is 5.10. The zero-order valence-corrected chi connectivity index (χ0v) is 9.33. The minimum absolute atomic E-state index is 0.751. The van der Waals surface area contributed by atoms with Crippen LogP contribution < -0.4 is 5.73 Å². The van der Waals surface area contributed by atoms with E-state index in [0.717, 1.165) is 49.1 Å². The van der Waals surface area contributed by atoms with Gasteiger partial charge in [0.15, 0.2) is 0 Å². The molecule has 0 unspecified atom stereocenters. The first kappa shape index (κ1) is 10.7. The Bertz CT molecular complexity index is 317. The summed E-state index contributed by atoms with van der Waals surface area (Å²) in [5.74, 6) is 0.